The van der Waals surface area contributed by atoms with Gasteiger partial charge in [0.05, 0.1) is 19.5 Å². The van der Waals surface area contributed by atoms with E-state index in [2.05, 4.69) is 15.0 Å². The molecule has 0 aromatic carbocycles. The summed E-state index contributed by atoms with van der Waals surface area (Å²) in [5, 5.41) is 2.67. The van der Waals surface area contributed by atoms with Crippen LogP contribution >= 0.6 is 0 Å². The average molecular weight is 356 g/mol. The van der Waals surface area contributed by atoms with Crippen molar-refractivity contribution in [2.24, 2.45) is 0 Å². The van der Waals surface area contributed by atoms with E-state index in [4.69, 9.17) is 4.74 Å². The van der Waals surface area contributed by atoms with Crippen molar-refractivity contribution in [2.75, 3.05) is 72.5 Å². The maximum atomic E-state index is 11.4. The smallest absolute Gasteiger partial charge is 0.246 e. The van der Waals surface area contributed by atoms with Crippen molar-refractivity contribution < 1.29 is 24.1 Å². The van der Waals surface area contributed by atoms with Crippen LogP contribution in [0, 0.1) is 0 Å². The maximum absolute atomic E-state index is 11.4. The Morgan fingerprint density at radius 1 is 1.17 bits per heavy atom. The minimum absolute atomic E-state index is 0. The number of rotatable bonds is 9. The number of nitrogens with zero attached hydrogens (tertiary/aromatic N) is 2. The fourth-order valence-corrected chi connectivity index (χ4v) is 2.85. The molecule has 1 saturated heterocycles. The van der Waals surface area contributed by atoms with Crippen molar-refractivity contribution in [3.8, 4) is 0 Å². The van der Waals surface area contributed by atoms with Crippen molar-refractivity contribution in [3.05, 3.63) is 0 Å². The Morgan fingerprint density at radius 2 is 1.78 bits per heavy atom. The van der Waals surface area contributed by atoms with E-state index in [1.165, 1.54) is 17.7 Å². The number of methoxy groups -OCH3 is 1. The molecule has 1 aliphatic rings. The summed E-state index contributed by atoms with van der Waals surface area (Å²) in [4.78, 5) is 13.3. The Labute approximate surface area is 141 Å². The first kappa shape index (κ1) is 22.3. The predicted octanol–water partition coefficient (Wildman–Crippen LogP) is -0.385. The van der Waals surface area contributed by atoms with Crippen LogP contribution in [0.3, 0.4) is 0 Å². The molecule has 140 valence electrons. The average Bonchev–Trinajstić information content (AvgIpc) is 2.52. The zero-order valence-electron chi connectivity index (χ0n) is 14.7. The van der Waals surface area contributed by atoms with Gasteiger partial charge in [0.15, 0.2) is 0 Å². The highest BCUT2D eigenvalue weighted by atomic mass is 32.2. The maximum Gasteiger partial charge on any atom is 0.246 e. The number of ether oxygens (including phenoxy) is 2. The largest absolute Gasteiger partial charge is 0.378 e. The monoisotopic (exact) mass is 355 g/mol. The number of nitrogens with one attached hydrogen (secondary N) is 1. The van der Waals surface area contributed by atoms with Gasteiger partial charge in [-0.05, 0) is 0 Å². The fourth-order valence-electron chi connectivity index (χ4n) is 2.03. The molecular formula is C14H33N3O5S. The van der Waals surface area contributed by atoms with Crippen LogP contribution in [0.2, 0.25) is 0 Å². The van der Waals surface area contributed by atoms with Gasteiger partial charge in [-0.1, -0.05) is 13.8 Å². The van der Waals surface area contributed by atoms with Gasteiger partial charge in [-0.2, -0.15) is 4.31 Å². The zero-order chi connectivity index (χ0) is 17.7. The number of piperazine rings is 1. The van der Waals surface area contributed by atoms with Crippen LogP contribution in [0.1, 0.15) is 15.3 Å². The summed E-state index contributed by atoms with van der Waals surface area (Å²) in [6, 6.07) is 0. The van der Waals surface area contributed by atoms with Crippen molar-refractivity contribution in [3.63, 3.8) is 0 Å². The highest BCUT2D eigenvalue weighted by Crippen LogP contribution is 2.05. The van der Waals surface area contributed by atoms with Gasteiger partial charge in [0.2, 0.25) is 15.9 Å². The van der Waals surface area contributed by atoms with Gasteiger partial charge >= 0.3 is 0 Å². The number of carbonyl (C=O) groups is 1. The first-order chi connectivity index (χ1) is 10.9. The molecule has 1 N–H and O–H groups in total. The molecule has 23 heavy (non-hydrogen) atoms. The molecule has 0 saturated carbocycles. The molecular weight excluding hydrogens is 322 g/mol. The molecule has 0 aromatic rings. The van der Waals surface area contributed by atoms with Crippen LogP contribution in [0.4, 0.5) is 0 Å². The lowest BCUT2D eigenvalue weighted by molar-refractivity contribution is -0.124. The van der Waals surface area contributed by atoms with E-state index in [9.17, 15) is 13.2 Å². The zero-order valence-corrected chi connectivity index (χ0v) is 15.5. The van der Waals surface area contributed by atoms with Crippen LogP contribution in [0.25, 0.3) is 0 Å². The molecule has 1 rings (SSSR count). The van der Waals surface area contributed by atoms with E-state index in [0.29, 0.717) is 32.8 Å². The quantitative estimate of drug-likeness (QED) is 0.567. The SMILES string of the molecule is CC.COCC(=O)NCCOCCN1CCN(S(C)(=O)=O)CC1.[HH]. The third-order valence-electron chi connectivity index (χ3n) is 3.20. The van der Waals surface area contributed by atoms with Crippen molar-refractivity contribution >= 4 is 15.9 Å². The molecule has 0 unspecified atom stereocenters. The normalized spacial score (nSPS) is 16.5. The van der Waals surface area contributed by atoms with Gasteiger partial charge in [-0.15, -0.1) is 0 Å². The summed E-state index contributed by atoms with van der Waals surface area (Å²) in [7, 11) is -1.60. The standard InChI is InChI=1S/C12H25N3O5S.C2H6.H2/c1-19-11-12(16)13-3-9-20-10-8-14-4-6-15(7-5-14)21(2,17)18;1-2;/h3-11H2,1-2H3,(H,13,16);1-2H3;1H. The van der Waals surface area contributed by atoms with Crippen LogP contribution in [0.15, 0.2) is 0 Å². The Balaban J connectivity index is 0. The Kier molecular flexibility index (Phi) is 12.2. The molecule has 9 heteroatoms. The lowest BCUT2D eigenvalue weighted by atomic mass is 10.3. The van der Waals surface area contributed by atoms with Crippen molar-refractivity contribution in [1.82, 2.24) is 14.5 Å². The molecule has 0 aliphatic carbocycles. The first-order valence-electron chi connectivity index (χ1n) is 7.94. The second-order valence-corrected chi connectivity index (χ2v) is 6.88. The molecule has 1 aliphatic heterocycles. The van der Waals surface area contributed by atoms with Crippen LogP contribution in [-0.4, -0.2) is 96.0 Å². The van der Waals surface area contributed by atoms with E-state index in [0.717, 1.165) is 19.6 Å². The molecule has 0 aromatic heterocycles. The molecule has 0 bridgehead atoms. The van der Waals surface area contributed by atoms with Gasteiger partial charge in [0, 0.05) is 47.8 Å². The number of sulfonamides is 1. The lowest BCUT2D eigenvalue weighted by Crippen LogP contribution is -2.49. The second-order valence-electron chi connectivity index (χ2n) is 4.90. The van der Waals surface area contributed by atoms with Gasteiger partial charge in [-0.3, -0.25) is 9.69 Å². The van der Waals surface area contributed by atoms with Crippen LogP contribution < -0.4 is 5.32 Å². The van der Waals surface area contributed by atoms with Crippen molar-refractivity contribution in [1.29, 1.82) is 0 Å². The third kappa shape index (κ3) is 10.6. The Bertz CT molecular complexity index is 415. The third-order valence-corrected chi connectivity index (χ3v) is 4.50. The highest BCUT2D eigenvalue weighted by Gasteiger charge is 2.22. The molecule has 1 heterocycles. The van der Waals surface area contributed by atoms with Gasteiger partial charge in [0.25, 0.3) is 0 Å². The Morgan fingerprint density at radius 3 is 2.30 bits per heavy atom. The lowest BCUT2D eigenvalue weighted by Gasteiger charge is -2.33. The molecule has 0 atom stereocenters. The van der Waals surface area contributed by atoms with Gasteiger partial charge in [0.1, 0.15) is 6.61 Å². The topological polar surface area (TPSA) is 88.2 Å². The summed E-state index contributed by atoms with van der Waals surface area (Å²) in [5.74, 6) is -0.155. The summed E-state index contributed by atoms with van der Waals surface area (Å²) in [6.45, 7) is 8.83. The van der Waals surface area contributed by atoms with Gasteiger partial charge < -0.3 is 14.8 Å². The highest BCUT2D eigenvalue weighted by molar-refractivity contribution is 7.88. The molecule has 1 amide bonds. The van der Waals surface area contributed by atoms with E-state index in [1.807, 2.05) is 13.8 Å². The van der Waals surface area contributed by atoms with E-state index in [-0.39, 0.29) is 13.9 Å². The number of carbonyl (C=O) groups excluding carboxylic acids is 1. The molecule has 0 spiro atoms. The summed E-state index contributed by atoms with van der Waals surface area (Å²) in [6.07, 6.45) is 1.24. The molecule has 1 fully saturated rings. The first-order valence-corrected chi connectivity index (χ1v) is 9.79. The molecule has 8 nitrogen and oxygen atoms in total. The van der Waals surface area contributed by atoms with Crippen LogP contribution in [-0.2, 0) is 24.3 Å². The summed E-state index contributed by atoms with van der Waals surface area (Å²) >= 11 is 0. The minimum atomic E-state index is -3.07. The number of hydrogen-bond donors (Lipinski definition) is 1. The van der Waals surface area contributed by atoms with E-state index >= 15 is 0 Å². The van der Waals surface area contributed by atoms with Crippen molar-refractivity contribution in [2.45, 2.75) is 13.8 Å². The van der Waals surface area contributed by atoms with E-state index < -0.39 is 10.0 Å². The summed E-state index contributed by atoms with van der Waals surface area (Å²) in [5.41, 5.74) is 0. The number of hydrogen-bond acceptors (Lipinski definition) is 6. The molecule has 0 radical (unpaired) electrons. The van der Waals surface area contributed by atoms with Crippen LogP contribution in [0.5, 0.6) is 0 Å². The fraction of sp³-hybridized carbons (Fsp3) is 0.929. The van der Waals surface area contributed by atoms with E-state index in [1.54, 1.807) is 0 Å². The minimum Gasteiger partial charge on any atom is -0.378 e. The predicted molar refractivity (Wildman–Crippen MR) is 92.0 cm³/mol. The van der Waals surface area contributed by atoms with Gasteiger partial charge in [-0.25, -0.2) is 8.42 Å². The second kappa shape index (κ2) is 12.7. The summed E-state index contributed by atoms with van der Waals surface area (Å²) < 4.78 is 34.3. The Hall–Kier alpha value is -0.740. The number of amides is 1.